The molecule has 0 fully saturated rings. The zero-order chi connectivity index (χ0) is 20.3. The first kappa shape index (κ1) is 20.1. The topological polar surface area (TPSA) is 130 Å². The number of nitrogen functional groups attached to an aromatic ring is 1. The first-order valence-electron chi connectivity index (χ1n) is 8.95. The molecular formula is C19H23N5O3S. The molecule has 0 spiro atoms. The highest BCUT2D eigenvalue weighted by atomic mass is 32.2. The smallest absolute Gasteiger partial charge is 0.251 e. The quantitative estimate of drug-likeness (QED) is 0.485. The number of rotatable bonds is 0. The number of thioether (sulfide) groups is 1. The predicted octanol–water partition coefficient (Wildman–Crippen LogP) is 1.05. The van der Waals surface area contributed by atoms with Crippen molar-refractivity contribution in [1.82, 2.24) is 20.6 Å². The van der Waals surface area contributed by atoms with Gasteiger partial charge in [-0.05, 0) is 37.1 Å². The van der Waals surface area contributed by atoms with Crippen LogP contribution in [0.2, 0.25) is 0 Å². The molecule has 9 heteroatoms. The maximum atomic E-state index is 12.6. The van der Waals surface area contributed by atoms with Gasteiger partial charge in [0.1, 0.15) is 5.03 Å². The van der Waals surface area contributed by atoms with E-state index < -0.39 is 6.10 Å². The van der Waals surface area contributed by atoms with Crippen LogP contribution < -0.4 is 16.4 Å². The molecule has 0 saturated heterocycles. The number of fused-ring (bicyclic) bond motifs is 5. The molecule has 4 bridgehead atoms. The molecule has 0 radical (unpaired) electrons. The molecule has 2 aromatic rings. The molecule has 148 valence electrons. The lowest BCUT2D eigenvalue weighted by molar-refractivity contribution is -0.121. The van der Waals surface area contributed by atoms with Crippen LogP contribution in [0.3, 0.4) is 0 Å². The fourth-order valence-corrected chi connectivity index (χ4v) is 3.82. The number of carbonyl (C=O) groups is 2. The second kappa shape index (κ2) is 8.57. The molecule has 5 N–H and O–H groups in total. The first-order chi connectivity index (χ1) is 13.3. The number of hydrogen-bond acceptors (Lipinski definition) is 7. The lowest BCUT2D eigenvalue weighted by atomic mass is 9.97. The number of anilines is 1. The SMILES string of the molecule is Cc1cc(C)c2cc1C(=O)NC[C@@H](O)CNC(=O)CCSc1cc-2nc(N)n1. The Morgan fingerprint density at radius 3 is 2.57 bits per heavy atom. The van der Waals surface area contributed by atoms with Gasteiger partial charge in [0.15, 0.2) is 0 Å². The van der Waals surface area contributed by atoms with Crippen LogP contribution in [0.1, 0.15) is 27.9 Å². The van der Waals surface area contributed by atoms with Gasteiger partial charge in [-0.15, -0.1) is 11.8 Å². The van der Waals surface area contributed by atoms with Gasteiger partial charge in [0.2, 0.25) is 11.9 Å². The fourth-order valence-electron chi connectivity index (χ4n) is 2.97. The summed E-state index contributed by atoms with van der Waals surface area (Å²) in [5, 5.41) is 16.0. The van der Waals surface area contributed by atoms with Gasteiger partial charge in [-0.2, -0.15) is 0 Å². The summed E-state index contributed by atoms with van der Waals surface area (Å²) >= 11 is 1.41. The summed E-state index contributed by atoms with van der Waals surface area (Å²) in [5.41, 5.74) is 9.57. The third-order valence-corrected chi connectivity index (χ3v) is 5.34. The van der Waals surface area contributed by atoms with E-state index in [9.17, 15) is 14.7 Å². The minimum atomic E-state index is -0.866. The summed E-state index contributed by atoms with van der Waals surface area (Å²) in [6, 6.07) is 5.53. The van der Waals surface area contributed by atoms with Crippen molar-refractivity contribution in [3.63, 3.8) is 0 Å². The average Bonchev–Trinajstić information content (AvgIpc) is 2.63. The molecule has 1 aliphatic rings. The molecule has 2 amide bonds. The van der Waals surface area contributed by atoms with Crippen LogP contribution in [0.15, 0.2) is 23.2 Å². The van der Waals surface area contributed by atoms with E-state index in [4.69, 9.17) is 5.73 Å². The number of hydrogen-bond donors (Lipinski definition) is 4. The summed E-state index contributed by atoms with van der Waals surface area (Å²) in [6.07, 6.45) is -0.592. The van der Waals surface area contributed by atoms with E-state index in [1.165, 1.54) is 11.8 Å². The second-order valence-corrected chi connectivity index (χ2v) is 7.81. The maximum absolute atomic E-state index is 12.6. The van der Waals surface area contributed by atoms with Crippen molar-refractivity contribution in [2.45, 2.75) is 31.4 Å². The number of nitrogens with two attached hydrogens (primary N) is 1. The Morgan fingerprint density at radius 1 is 1.07 bits per heavy atom. The minimum absolute atomic E-state index is 0.0428. The van der Waals surface area contributed by atoms with E-state index in [-0.39, 0.29) is 37.3 Å². The first-order valence-corrected chi connectivity index (χ1v) is 9.94. The molecule has 0 aliphatic carbocycles. The van der Waals surface area contributed by atoms with Crippen LogP contribution in [0.5, 0.6) is 0 Å². The number of aliphatic hydroxyl groups is 1. The van der Waals surface area contributed by atoms with Crippen LogP contribution >= 0.6 is 11.8 Å². The van der Waals surface area contributed by atoms with Crippen molar-refractivity contribution < 1.29 is 14.7 Å². The standard InChI is InChI=1S/C19H23N5O3S/c1-10-5-11(2)14-6-13(10)15-7-17(24-19(20)23-15)28-4-3-16(26)21-8-12(25)9-22-18(14)27/h5-7,12,25H,3-4,8-9H2,1-2H3,(H,21,26)(H,22,27)(H2,20,23,24)/t12-/m0/s1. The maximum Gasteiger partial charge on any atom is 0.251 e. The number of aromatic nitrogens is 2. The molecule has 2 heterocycles. The number of benzene rings is 1. The van der Waals surface area contributed by atoms with Crippen LogP contribution in [-0.2, 0) is 4.79 Å². The van der Waals surface area contributed by atoms with Gasteiger partial charge in [0.25, 0.3) is 5.91 Å². The van der Waals surface area contributed by atoms with Gasteiger partial charge in [-0.25, -0.2) is 9.97 Å². The number of β-amino-alcohol motifs (C(OH)–C–C–N with tert-alkyl or cyclic N) is 1. The summed E-state index contributed by atoms with van der Waals surface area (Å²) in [4.78, 5) is 33.1. The minimum Gasteiger partial charge on any atom is -0.389 e. The van der Waals surface area contributed by atoms with Gasteiger partial charge < -0.3 is 21.5 Å². The van der Waals surface area contributed by atoms with E-state index >= 15 is 0 Å². The van der Waals surface area contributed by atoms with Gasteiger partial charge in [0.05, 0.1) is 11.8 Å². The number of carbonyl (C=O) groups excluding carboxylic acids is 2. The van der Waals surface area contributed by atoms with Gasteiger partial charge >= 0.3 is 0 Å². The Kier molecular flexibility index (Phi) is 6.15. The fraction of sp³-hybridized carbons (Fsp3) is 0.368. The highest BCUT2D eigenvalue weighted by Crippen LogP contribution is 2.29. The average molecular weight is 401 g/mol. The van der Waals surface area contributed by atoms with Crippen LogP contribution in [0.25, 0.3) is 11.3 Å². The van der Waals surface area contributed by atoms with Gasteiger partial charge in [-0.1, -0.05) is 6.07 Å². The predicted molar refractivity (Wildman–Crippen MR) is 108 cm³/mol. The van der Waals surface area contributed by atoms with E-state index in [0.717, 1.165) is 16.7 Å². The highest BCUT2D eigenvalue weighted by Gasteiger charge is 2.17. The third-order valence-electron chi connectivity index (χ3n) is 4.42. The Labute approximate surface area is 167 Å². The highest BCUT2D eigenvalue weighted by molar-refractivity contribution is 7.99. The second-order valence-electron chi connectivity index (χ2n) is 6.70. The molecule has 0 unspecified atom stereocenters. The number of nitrogens with one attached hydrogen (secondary N) is 2. The van der Waals surface area contributed by atoms with Gasteiger partial charge in [0, 0.05) is 36.4 Å². The van der Waals surface area contributed by atoms with E-state index in [1.807, 2.05) is 26.0 Å². The third kappa shape index (κ3) is 4.79. The van der Waals surface area contributed by atoms with Crippen molar-refractivity contribution in [1.29, 1.82) is 0 Å². The normalized spacial score (nSPS) is 18.3. The molecule has 1 atom stereocenters. The Hall–Kier alpha value is -2.65. The van der Waals surface area contributed by atoms with Gasteiger partial charge in [-0.3, -0.25) is 9.59 Å². The van der Waals surface area contributed by atoms with Crippen LogP contribution in [0, 0.1) is 13.8 Å². The van der Waals surface area contributed by atoms with E-state index in [0.29, 0.717) is 22.0 Å². The van der Waals surface area contributed by atoms with Crippen molar-refractivity contribution in [3.05, 3.63) is 34.9 Å². The van der Waals surface area contributed by atoms with E-state index in [1.54, 1.807) is 6.07 Å². The Bertz CT molecular complexity index is 919. The molecular weight excluding hydrogens is 378 g/mol. The van der Waals surface area contributed by atoms with Crippen molar-refractivity contribution in [2.75, 3.05) is 24.6 Å². The van der Waals surface area contributed by atoms with Crippen LogP contribution in [-0.4, -0.2) is 51.8 Å². The molecule has 0 saturated carbocycles. The Balaban J connectivity index is 2.04. The molecule has 1 aliphatic heterocycles. The monoisotopic (exact) mass is 401 g/mol. The molecule has 1 aromatic carbocycles. The molecule has 3 rings (SSSR count). The summed E-state index contributed by atoms with van der Waals surface area (Å²) in [6.45, 7) is 3.92. The lowest BCUT2D eigenvalue weighted by Gasteiger charge is -2.16. The molecule has 28 heavy (non-hydrogen) atoms. The molecule has 8 nitrogen and oxygen atoms in total. The Morgan fingerprint density at radius 2 is 1.79 bits per heavy atom. The van der Waals surface area contributed by atoms with Crippen molar-refractivity contribution in [2.24, 2.45) is 0 Å². The largest absolute Gasteiger partial charge is 0.389 e. The number of nitrogens with zero attached hydrogens (tertiary/aromatic N) is 2. The van der Waals surface area contributed by atoms with E-state index in [2.05, 4.69) is 20.6 Å². The number of aryl methyl sites for hydroxylation is 2. The summed E-state index contributed by atoms with van der Waals surface area (Å²) in [7, 11) is 0. The zero-order valence-corrected chi connectivity index (χ0v) is 16.6. The number of amides is 2. The lowest BCUT2D eigenvalue weighted by Crippen LogP contribution is -2.40. The molecule has 1 aromatic heterocycles. The summed E-state index contributed by atoms with van der Waals surface area (Å²) in [5.74, 6) is 0.184. The zero-order valence-electron chi connectivity index (χ0n) is 15.8. The van der Waals surface area contributed by atoms with Crippen molar-refractivity contribution >= 4 is 29.5 Å². The number of aliphatic hydroxyl groups excluding tert-OH is 1. The van der Waals surface area contributed by atoms with Crippen LogP contribution in [0.4, 0.5) is 5.95 Å². The summed E-state index contributed by atoms with van der Waals surface area (Å²) < 4.78 is 0. The van der Waals surface area contributed by atoms with Crippen molar-refractivity contribution in [3.8, 4) is 11.3 Å².